The Bertz CT molecular complexity index is 381. The van der Waals surface area contributed by atoms with Crippen LogP contribution >= 0.6 is 11.6 Å². The molecule has 3 heteroatoms. The Balaban J connectivity index is 2.84. The van der Waals surface area contributed by atoms with E-state index in [4.69, 9.17) is 11.6 Å². The molecule has 0 amide bonds. The highest BCUT2D eigenvalue weighted by Crippen LogP contribution is 2.29. The van der Waals surface area contributed by atoms with Crippen molar-refractivity contribution in [1.82, 2.24) is 5.32 Å². The second kappa shape index (κ2) is 7.10. The van der Waals surface area contributed by atoms with Gasteiger partial charge in [0.2, 0.25) is 0 Å². The van der Waals surface area contributed by atoms with Crippen LogP contribution in [0, 0.1) is 11.2 Å². The second-order valence-electron chi connectivity index (χ2n) is 5.25. The van der Waals surface area contributed by atoms with E-state index in [9.17, 15) is 4.39 Å². The average molecular weight is 272 g/mol. The molecule has 0 aliphatic rings. The minimum atomic E-state index is -0.154. The van der Waals surface area contributed by atoms with Gasteiger partial charge in [-0.2, -0.15) is 0 Å². The van der Waals surface area contributed by atoms with Crippen LogP contribution in [-0.4, -0.2) is 13.1 Å². The summed E-state index contributed by atoms with van der Waals surface area (Å²) in [5.74, 6) is -0.154. The highest BCUT2D eigenvalue weighted by Gasteiger charge is 2.24. The van der Waals surface area contributed by atoms with E-state index in [1.165, 1.54) is 6.07 Å². The molecular weight excluding hydrogens is 249 g/mol. The van der Waals surface area contributed by atoms with E-state index in [1.54, 1.807) is 12.1 Å². The second-order valence-corrected chi connectivity index (χ2v) is 5.69. The topological polar surface area (TPSA) is 12.0 Å². The molecule has 1 unspecified atom stereocenters. The fraction of sp³-hybridized carbons (Fsp3) is 0.600. The van der Waals surface area contributed by atoms with E-state index < -0.39 is 0 Å². The molecule has 18 heavy (non-hydrogen) atoms. The summed E-state index contributed by atoms with van der Waals surface area (Å²) in [7, 11) is 0. The van der Waals surface area contributed by atoms with Crippen molar-refractivity contribution in [2.24, 2.45) is 5.41 Å². The minimum absolute atomic E-state index is 0.0796. The van der Waals surface area contributed by atoms with Gasteiger partial charge in [0.15, 0.2) is 0 Å². The molecule has 1 atom stereocenters. The third-order valence-corrected chi connectivity index (χ3v) is 3.52. The Morgan fingerprint density at radius 1 is 1.33 bits per heavy atom. The third-order valence-electron chi connectivity index (χ3n) is 3.28. The van der Waals surface area contributed by atoms with Crippen LogP contribution in [0.15, 0.2) is 18.2 Å². The monoisotopic (exact) mass is 271 g/mol. The fourth-order valence-electron chi connectivity index (χ4n) is 2.41. The van der Waals surface area contributed by atoms with E-state index >= 15 is 0 Å². The Labute approximate surface area is 115 Å². The number of hydrogen-bond acceptors (Lipinski definition) is 1. The molecule has 1 aromatic carbocycles. The molecule has 0 heterocycles. The van der Waals surface area contributed by atoms with Crippen LogP contribution in [0.3, 0.4) is 0 Å². The Kier molecular flexibility index (Phi) is 6.10. The predicted molar refractivity (Wildman–Crippen MR) is 76.7 cm³/mol. The molecule has 0 aromatic heterocycles. The summed E-state index contributed by atoms with van der Waals surface area (Å²) in [5.41, 5.74) is 0.798. The lowest BCUT2D eigenvalue weighted by Crippen LogP contribution is -2.33. The lowest BCUT2D eigenvalue weighted by molar-refractivity contribution is 0.274. The van der Waals surface area contributed by atoms with E-state index in [0.717, 1.165) is 37.9 Å². The molecule has 0 saturated carbocycles. The van der Waals surface area contributed by atoms with Gasteiger partial charge in [-0.05, 0) is 48.6 Å². The number of benzene rings is 1. The Morgan fingerprint density at radius 2 is 2.06 bits per heavy atom. The normalized spacial score (nSPS) is 14.5. The van der Waals surface area contributed by atoms with Gasteiger partial charge in [0.25, 0.3) is 0 Å². The first-order chi connectivity index (χ1) is 8.50. The summed E-state index contributed by atoms with van der Waals surface area (Å²) in [6.45, 7) is 8.31. The summed E-state index contributed by atoms with van der Waals surface area (Å²) >= 11 is 5.94. The van der Waals surface area contributed by atoms with Crippen LogP contribution < -0.4 is 5.32 Å². The maximum Gasteiger partial charge on any atom is 0.126 e. The maximum atomic E-state index is 13.8. The first-order valence-electron chi connectivity index (χ1n) is 6.65. The van der Waals surface area contributed by atoms with E-state index in [2.05, 4.69) is 26.1 Å². The maximum absolute atomic E-state index is 13.8. The van der Waals surface area contributed by atoms with E-state index in [0.29, 0.717) is 5.02 Å². The molecule has 1 nitrogen and oxygen atoms in total. The summed E-state index contributed by atoms with van der Waals surface area (Å²) in [6, 6.07) is 4.80. The molecular formula is C15H23ClFN. The standard InChI is InChI=1S/C15H23ClFN/c1-4-8-15(3,11-18-5-2)10-12-9-13(16)6-7-14(12)17/h6-7,9,18H,4-5,8,10-11H2,1-3H3. The first-order valence-corrected chi connectivity index (χ1v) is 7.03. The van der Waals surface area contributed by atoms with Gasteiger partial charge in [0.1, 0.15) is 5.82 Å². The number of halogens is 2. The SMILES string of the molecule is CCCC(C)(CNCC)Cc1cc(Cl)ccc1F. The zero-order valence-electron chi connectivity index (χ0n) is 11.5. The van der Waals surface area contributed by atoms with Crippen LogP contribution in [0.5, 0.6) is 0 Å². The summed E-state index contributed by atoms with van der Waals surface area (Å²) in [4.78, 5) is 0. The van der Waals surface area contributed by atoms with Crippen molar-refractivity contribution in [2.75, 3.05) is 13.1 Å². The molecule has 1 aromatic rings. The fourth-order valence-corrected chi connectivity index (χ4v) is 2.60. The van der Waals surface area contributed by atoms with Crippen molar-refractivity contribution in [3.05, 3.63) is 34.6 Å². The van der Waals surface area contributed by atoms with Gasteiger partial charge >= 0.3 is 0 Å². The zero-order valence-corrected chi connectivity index (χ0v) is 12.3. The number of nitrogens with one attached hydrogen (secondary N) is 1. The van der Waals surface area contributed by atoms with Crippen LogP contribution in [0.2, 0.25) is 5.02 Å². The molecule has 1 rings (SSSR count). The average Bonchev–Trinajstić information content (AvgIpc) is 2.32. The lowest BCUT2D eigenvalue weighted by Gasteiger charge is -2.30. The molecule has 1 N–H and O–H groups in total. The molecule has 0 fully saturated rings. The van der Waals surface area contributed by atoms with Gasteiger partial charge in [-0.1, -0.05) is 38.8 Å². The van der Waals surface area contributed by atoms with E-state index in [-0.39, 0.29) is 11.2 Å². The van der Waals surface area contributed by atoms with E-state index in [1.807, 2.05) is 0 Å². The molecule has 0 saturated heterocycles. The van der Waals surface area contributed by atoms with Gasteiger partial charge in [-0.15, -0.1) is 0 Å². The van der Waals surface area contributed by atoms with Gasteiger partial charge in [-0.3, -0.25) is 0 Å². The summed E-state index contributed by atoms with van der Waals surface area (Å²) < 4.78 is 13.8. The van der Waals surface area contributed by atoms with Gasteiger partial charge in [-0.25, -0.2) is 4.39 Å². The van der Waals surface area contributed by atoms with Crippen molar-refractivity contribution >= 4 is 11.6 Å². The highest BCUT2D eigenvalue weighted by molar-refractivity contribution is 6.30. The molecule has 0 aliphatic carbocycles. The highest BCUT2D eigenvalue weighted by atomic mass is 35.5. The molecule has 0 spiro atoms. The predicted octanol–water partition coefficient (Wildman–Crippen LogP) is 4.44. The lowest BCUT2D eigenvalue weighted by atomic mass is 9.79. The molecule has 0 bridgehead atoms. The molecule has 102 valence electrons. The van der Waals surface area contributed by atoms with Crippen molar-refractivity contribution in [3.63, 3.8) is 0 Å². The van der Waals surface area contributed by atoms with Crippen LogP contribution in [0.1, 0.15) is 39.2 Å². The first kappa shape index (κ1) is 15.5. The molecule has 0 radical (unpaired) electrons. The van der Waals surface area contributed by atoms with Gasteiger partial charge in [0, 0.05) is 11.6 Å². The van der Waals surface area contributed by atoms with Crippen LogP contribution in [0.4, 0.5) is 4.39 Å². The van der Waals surface area contributed by atoms with Crippen molar-refractivity contribution in [1.29, 1.82) is 0 Å². The molecule has 0 aliphatic heterocycles. The number of hydrogen-bond donors (Lipinski definition) is 1. The van der Waals surface area contributed by atoms with Gasteiger partial charge < -0.3 is 5.32 Å². The summed E-state index contributed by atoms with van der Waals surface area (Å²) in [6.07, 6.45) is 2.90. The third kappa shape index (κ3) is 4.58. The van der Waals surface area contributed by atoms with Crippen molar-refractivity contribution in [3.8, 4) is 0 Å². The number of rotatable bonds is 7. The minimum Gasteiger partial charge on any atom is -0.316 e. The quantitative estimate of drug-likeness (QED) is 0.773. The largest absolute Gasteiger partial charge is 0.316 e. The van der Waals surface area contributed by atoms with Crippen LogP contribution in [0.25, 0.3) is 0 Å². The Hall–Kier alpha value is -0.600. The smallest absolute Gasteiger partial charge is 0.126 e. The van der Waals surface area contributed by atoms with Crippen LogP contribution in [-0.2, 0) is 6.42 Å². The van der Waals surface area contributed by atoms with Gasteiger partial charge in [0.05, 0.1) is 0 Å². The Morgan fingerprint density at radius 3 is 2.67 bits per heavy atom. The van der Waals surface area contributed by atoms with Crippen molar-refractivity contribution in [2.45, 2.75) is 40.0 Å². The summed E-state index contributed by atoms with van der Waals surface area (Å²) in [5, 5.41) is 3.98. The zero-order chi connectivity index (χ0) is 13.6. The van der Waals surface area contributed by atoms with Crippen molar-refractivity contribution < 1.29 is 4.39 Å².